The summed E-state index contributed by atoms with van der Waals surface area (Å²) in [6, 6.07) is 5.00. The number of hydrogen-bond acceptors (Lipinski definition) is 2. The molecule has 0 spiro atoms. The van der Waals surface area contributed by atoms with Gasteiger partial charge in [0.05, 0.1) is 11.7 Å². The Bertz CT molecular complexity index is 379. The van der Waals surface area contributed by atoms with Crippen molar-refractivity contribution in [2.75, 3.05) is 13.1 Å². The molecule has 1 aromatic carbocycles. The first-order chi connectivity index (χ1) is 8.93. The molecular formula is C14H20F3NO. The highest BCUT2D eigenvalue weighted by Crippen LogP contribution is 2.31. The van der Waals surface area contributed by atoms with E-state index in [9.17, 15) is 13.2 Å². The second kappa shape index (κ2) is 7.38. The molecule has 0 aliphatic rings. The summed E-state index contributed by atoms with van der Waals surface area (Å²) in [4.78, 5) is 0. The van der Waals surface area contributed by atoms with Gasteiger partial charge in [-0.15, -0.1) is 0 Å². The number of alkyl halides is 3. The molecule has 0 heterocycles. The smallest absolute Gasteiger partial charge is 0.416 e. The molecular weight excluding hydrogens is 255 g/mol. The lowest BCUT2D eigenvalue weighted by molar-refractivity contribution is -0.137. The molecule has 0 aromatic heterocycles. The fraction of sp³-hybridized carbons (Fsp3) is 0.571. The van der Waals surface area contributed by atoms with Crippen molar-refractivity contribution in [1.82, 2.24) is 5.32 Å². The zero-order valence-corrected chi connectivity index (χ0v) is 11.3. The Morgan fingerprint density at radius 1 is 1.32 bits per heavy atom. The Kier molecular flexibility index (Phi) is 6.15. The zero-order chi connectivity index (χ0) is 14.3. The molecule has 0 saturated carbocycles. The van der Waals surface area contributed by atoms with E-state index >= 15 is 0 Å². The van der Waals surface area contributed by atoms with Crippen molar-refractivity contribution in [1.29, 1.82) is 0 Å². The lowest BCUT2D eigenvalue weighted by Gasteiger charge is -2.16. The van der Waals surface area contributed by atoms with Crippen LogP contribution in [0.2, 0.25) is 0 Å². The maximum Gasteiger partial charge on any atom is 0.416 e. The molecule has 1 rings (SSSR count). The average molecular weight is 275 g/mol. The summed E-state index contributed by atoms with van der Waals surface area (Å²) in [6.45, 7) is 5.71. The first-order valence-corrected chi connectivity index (χ1v) is 6.48. The monoisotopic (exact) mass is 275 g/mol. The number of rotatable bonds is 7. The highest BCUT2D eigenvalue weighted by Gasteiger charge is 2.30. The fourth-order valence-electron chi connectivity index (χ4n) is 1.73. The van der Waals surface area contributed by atoms with E-state index in [0.29, 0.717) is 0 Å². The average Bonchev–Trinajstić information content (AvgIpc) is 2.34. The molecule has 2 nitrogen and oxygen atoms in total. The molecule has 1 unspecified atom stereocenters. The van der Waals surface area contributed by atoms with Crippen LogP contribution in [0.15, 0.2) is 24.3 Å². The van der Waals surface area contributed by atoms with E-state index in [4.69, 9.17) is 4.74 Å². The standard InChI is InChI=1S/C14H20F3NO/c1-3-18-9-5-6-11(2)19-13-8-4-7-12(10-13)14(15,16)17/h4,7-8,10-11,18H,3,5-6,9H2,1-2H3. The van der Waals surface area contributed by atoms with Crippen LogP contribution >= 0.6 is 0 Å². The molecule has 0 radical (unpaired) electrons. The van der Waals surface area contributed by atoms with Crippen LogP contribution in [0.1, 0.15) is 32.3 Å². The van der Waals surface area contributed by atoms with Crippen molar-refractivity contribution in [3.05, 3.63) is 29.8 Å². The van der Waals surface area contributed by atoms with Gasteiger partial charge in [0.2, 0.25) is 0 Å². The van der Waals surface area contributed by atoms with E-state index < -0.39 is 11.7 Å². The van der Waals surface area contributed by atoms with Gasteiger partial charge in [-0.3, -0.25) is 0 Å². The van der Waals surface area contributed by atoms with Crippen molar-refractivity contribution in [3.63, 3.8) is 0 Å². The second-order valence-corrected chi connectivity index (χ2v) is 4.45. The number of halogens is 3. The van der Waals surface area contributed by atoms with Gasteiger partial charge in [0.25, 0.3) is 0 Å². The summed E-state index contributed by atoms with van der Waals surface area (Å²) in [6.07, 6.45) is -2.67. The minimum Gasteiger partial charge on any atom is -0.491 e. The van der Waals surface area contributed by atoms with Crippen molar-refractivity contribution in [2.45, 2.75) is 39.0 Å². The lowest BCUT2D eigenvalue weighted by atomic mass is 10.2. The van der Waals surface area contributed by atoms with Crippen molar-refractivity contribution < 1.29 is 17.9 Å². The topological polar surface area (TPSA) is 21.3 Å². The first kappa shape index (κ1) is 15.8. The van der Waals surface area contributed by atoms with E-state index in [1.165, 1.54) is 6.07 Å². The van der Waals surface area contributed by atoms with Gasteiger partial charge in [0, 0.05) is 0 Å². The minimum absolute atomic E-state index is 0.0952. The van der Waals surface area contributed by atoms with Gasteiger partial charge in [-0.2, -0.15) is 13.2 Å². The molecule has 1 atom stereocenters. The van der Waals surface area contributed by atoms with E-state index in [1.807, 2.05) is 13.8 Å². The third-order valence-electron chi connectivity index (χ3n) is 2.71. The van der Waals surface area contributed by atoms with Crippen molar-refractivity contribution >= 4 is 0 Å². The van der Waals surface area contributed by atoms with E-state index in [0.717, 1.165) is 38.1 Å². The van der Waals surface area contributed by atoms with Gasteiger partial charge >= 0.3 is 6.18 Å². The quantitative estimate of drug-likeness (QED) is 0.763. The highest BCUT2D eigenvalue weighted by molar-refractivity contribution is 5.30. The van der Waals surface area contributed by atoms with E-state index in [-0.39, 0.29) is 11.9 Å². The Hall–Kier alpha value is -1.23. The maximum absolute atomic E-state index is 12.5. The Morgan fingerprint density at radius 2 is 2.05 bits per heavy atom. The van der Waals surface area contributed by atoms with E-state index in [2.05, 4.69) is 5.32 Å². The van der Waals surface area contributed by atoms with Crippen molar-refractivity contribution in [2.24, 2.45) is 0 Å². The Morgan fingerprint density at radius 3 is 2.68 bits per heavy atom. The minimum atomic E-state index is -4.33. The molecule has 0 aliphatic heterocycles. The van der Waals surface area contributed by atoms with Crippen LogP contribution in [0.3, 0.4) is 0 Å². The predicted molar refractivity (Wildman–Crippen MR) is 69.3 cm³/mol. The van der Waals surface area contributed by atoms with Crippen LogP contribution in [0.25, 0.3) is 0 Å². The normalized spacial score (nSPS) is 13.3. The predicted octanol–water partition coefficient (Wildman–Crippen LogP) is 3.86. The summed E-state index contributed by atoms with van der Waals surface area (Å²) in [5.41, 5.74) is -0.676. The molecule has 19 heavy (non-hydrogen) atoms. The van der Waals surface area contributed by atoms with Crippen LogP contribution < -0.4 is 10.1 Å². The van der Waals surface area contributed by atoms with Crippen LogP contribution in [0.5, 0.6) is 5.75 Å². The Labute approximate surface area is 112 Å². The summed E-state index contributed by atoms with van der Waals surface area (Å²) in [7, 11) is 0. The maximum atomic E-state index is 12.5. The van der Waals surface area contributed by atoms with Gasteiger partial charge in [-0.05, 0) is 51.1 Å². The highest BCUT2D eigenvalue weighted by atomic mass is 19.4. The van der Waals surface area contributed by atoms with E-state index in [1.54, 1.807) is 6.07 Å². The van der Waals surface area contributed by atoms with Gasteiger partial charge in [0.1, 0.15) is 5.75 Å². The van der Waals surface area contributed by atoms with Crippen LogP contribution in [0, 0.1) is 0 Å². The number of ether oxygens (including phenoxy) is 1. The SMILES string of the molecule is CCNCCCC(C)Oc1cccc(C(F)(F)F)c1. The zero-order valence-electron chi connectivity index (χ0n) is 11.3. The molecule has 0 amide bonds. The third kappa shape index (κ3) is 5.96. The van der Waals surface area contributed by atoms with Gasteiger partial charge in [-0.25, -0.2) is 0 Å². The number of benzene rings is 1. The number of nitrogens with one attached hydrogen (secondary N) is 1. The molecule has 108 valence electrons. The Balaban J connectivity index is 2.48. The van der Waals surface area contributed by atoms with Crippen LogP contribution in [-0.4, -0.2) is 19.2 Å². The van der Waals surface area contributed by atoms with Crippen LogP contribution in [0.4, 0.5) is 13.2 Å². The summed E-state index contributed by atoms with van der Waals surface area (Å²) in [5.74, 6) is 0.269. The molecule has 5 heteroatoms. The van der Waals surface area contributed by atoms with Gasteiger partial charge in [-0.1, -0.05) is 13.0 Å². The third-order valence-corrected chi connectivity index (χ3v) is 2.71. The molecule has 1 aromatic rings. The molecule has 0 fully saturated rings. The summed E-state index contributed by atoms with van der Waals surface area (Å²) in [5, 5.41) is 3.19. The molecule has 0 aliphatic carbocycles. The summed E-state index contributed by atoms with van der Waals surface area (Å²) >= 11 is 0. The largest absolute Gasteiger partial charge is 0.491 e. The second-order valence-electron chi connectivity index (χ2n) is 4.45. The van der Waals surface area contributed by atoms with Gasteiger partial charge < -0.3 is 10.1 Å². The molecule has 0 bridgehead atoms. The lowest BCUT2D eigenvalue weighted by Crippen LogP contribution is -2.18. The molecule has 1 N–H and O–H groups in total. The summed E-state index contributed by atoms with van der Waals surface area (Å²) < 4.78 is 43.1. The fourth-order valence-corrected chi connectivity index (χ4v) is 1.73. The van der Waals surface area contributed by atoms with Crippen LogP contribution in [-0.2, 0) is 6.18 Å². The molecule has 0 saturated heterocycles. The van der Waals surface area contributed by atoms with Crippen molar-refractivity contribution in [3.8, 4) is 5.75 Å². The van der Waals surface area contributed by atoms with Gasteiger partial charge in [0.15, 0.2) is 0 Å². The first-order valence-electron chi connectivity index (χ1n) is 6.48. The number of hydrogen-bond donors (Lipinski definition) is 1.